The molecule has 96 valence electrons. The first-order valence-corrected chi connectivity index (χ1v) is 6.15. The van der Waals surface area contributed by atoms with E-state index >= 15 is 0 Å². The van der Waals surface area contributed by atoms with Crippen molar-refractivity contribution in [1.82, 2.24) is 10.3 Å². The van der Waals surface area contributed by atoms with Gasteiger partial charge < -0.3 is 10.4 Å². The highest BCUT2D eigenvalue weighted by molar-refractivity contribution is 5.09. The Morgan fingerprint density at radius 2 is 2.06 bits per heavy atom. The van der Waals surface area contributed by atoms with E-state index in [9.17, 15) is 9.50 Å². The van der Waals surface area contributed by atoms with E-state index in [4.69, 9.17) is 0 Å². The van der Waals surface area contributed by atoms with Crippen molar-refractivity contribution in [1.29, 1.82) is 0 Å². The Labute approximate surface area is 102 Å². The Kier molecular flexibility index (Phi) is 6.08. The van der Waals surface area contributed by atoms with Crippen LogP contribution in [0, 0.1) is 11.7 Å². The first kappa shape index (κ1) is 14.1. The fraction of sp³-hybridized carbons (Fsp3) is 0.615. The van der Waals surface area contributed by atoms with E-state index in [1.54, 1.807) is 6.20 Å². The summed E-state index contributed by atoms with van der Waals surface area (Å²) in [6.45, 7) is 5.21. The molecule has 1 rings (SSSR count). The van der Waals surface area contributed by atoms with Gasteiger partial charge in [-0.25, -0.2) is 4.39 Å². The minimum absolute atomic E-state index is 0.327. The molecule has 0 aliphatic carbocycles. The zero-order valence-corrected chi connectivity index (χ0v) is 10.5. The summed E-state index contributed by atoms with van der Waals surface area (Å²) in [5.74, 6) is -0.00187. The van der Waals surface area contributed by atoms with Crippen LogP contribution in [-0.4, -0.2) is 22.7 Å². The third kappa shape index (κ3) is 4.79. The third-order valence-electron chi connectivity index (χ3n) is 3.04. The Morgan fingerprint density at radius 1 is 1.35 bits per heavy atom. The first-order chi connectivity index (χ1) is 8.17. The van der Waals surface area contributed by atoms with E-state index in [0.29, 0.717) is 19.0 Å². The number of aliphatic hydroxyl groups is 1. The van der Waals surface area contributed by atoms with Gasteiger partial charge in [0.25, 0.3) is 0 Å². The Bertz CT molecular complexity index is 329. The fourth-order valence-corrected chi connectivity index (χ4v) is 1.92. The molecule has 0 amide bonds. The van der Waals surface area contributed by atoms with Gasteiger partial charge in [0.05, 0.1) is 12.3 Å². The Hall–Kier alpha value is -1.00. The minimum atomic E-state index is -0.341. The molecule has 0 radical (unpaired) electrons. The Balaban J connectivity index is 2.32. The molecular formula is C13H21FN2O. The molecule has 1 atom stereocenters. The highest BCUT2D eigenvalue weighted by atomic mass is 19.1. The van der Waals surface area contributed by atoms with E-state index in [2.05, 4.69) is 24.1 Å². The topological polar surface area (TPSA) is 45.1 Å². The summed E-state index contributed by atoms with van der Waals surface area (Å²) in [6.07, 6.45) is 4.41. The molecule has 0 saturated heterocycles. The van der Waals surface area contributed by atoms with E-state index in [0.717, 1.165) is 18.4 Å². The number of pyridine rings is 1. The zero-order chi connectivity index (χ0) is 12.7. The van der Waals surface area contributed by atoms with Crippen LogP contribution in [0.2, 0.25) is 0 Å². The highest BCUT2D eigenvalue weighted by Crippen LogP contribution is 2.12. The van der Waals surface area contributed by atoms with E-state index in [-0.39, 0.29) is 11.9 Å². The molecule has 17 heavy (non-hydrogen) atoms. The van der Waals surface area contributed by atoms with Gasteiger partial charge in [-0.2, -0.15) is 0 Å². The van der Waals surface area contributed by atoms with Gasteiger partial charge in [0.15, 0.2) is 0 Å². The lowest BCUT2D eigenvalue weighted by Crippen LogP contribution is -2.32. The second-order valence-electron chi connectivity index (χ2n) is 4.29. The smallest absolute Gasteiger partial charge is 0.141 e. The molecule has 0 fully saturated rings. The van der Waals surface area contributed by atoms with Crippen LogP contribution in [0.1, 0.15) is 32.3 Å². The van der Waals surface area contributed by atoms with E-state index < -0.39 is 0 Å². The predicted octanol–water partition coefficient (Wildman–Crippen LogP) is 2.11. The molecule has 1 heterocycles. The number of aliphatic hydroxyl groups excluding tert-OH is 1. The summed E-state index contributed by atoms with van der Waals surface area (Å²) in [6, 6.07) is 1.45. The van der Waals surface area contributed by atoms with Gasteiger partial charge >= 0.3 is 0 Å². The van der Waals surface area contributed by atoms with Gasteiger partial charge in [-0.1, -0.05) is 26.7 Å². The largest absolute Gasteiger partial charge is 0.392 e. The standard InChI is InChI=1S/C13H21FN2O/c1-3-11(4-2)13(17)9-16-7-10-5-12(14)8-15-6-10/h5-6,8,11,13,16-17H,3-4,7,9H2,1-2H3. The molecule has 0 aliphatic rings. The van der Waals surface area contributed by atoms with Crippen molar-refractivity contribution in [3.05, 3.63) is 29.8 Å². The van der Waals surface area contributed by atoms with Crippen LogP contribution in [0.3, 0.4) is 0 Å². The second-order valence-corrected chi connectivity index (χ2v) is 4.29. The number of nitrogens with zero attached hydrogens (tertiary/aromatic N) is 1. The van der Waals surface area contributed by atoms with Crippen molar-refractivity contribution in [2.75, 3.05) is 6.54 Å². The number of aromatic nitrogens is 1. The molecule has 1 unspecified atom stereocenters. The number of halogens is 1. The van der Waals surface area contributed by atoms with Crippen molar-refractivity contribution < 1.29 is 9.50 Å². The lowest BCUT2D eigenvalue weighted by molar-refractivity contribution is 0.101. The number of nitrogens with one attached hydrogen (secondary N) is 1. The van der Waals surface area contributed by atoms with E-state index in [1.807, 2.05) is 0 Å². The molecule has 3 nitrogen and oxygen atoms in total. The summed E-state index contributed by atoms with van der Waals surface area (Å²) < 4.78 is 12.9. The average molecular weight is 240 g/mol. The average Bonchev–Trinajstić information content (AvgIpc) is 2.30. The summed E-state index contributed by atoms with van der Waals surface area (Å²) >= 11 is 0. The second kappa shape index (κ2) is 7.35. The maximum Gasteiger partial charge on any atom is 0.141 e. The molecule has 0 bridgehead atoms. The van der Waals surface area contributed by atoms with Crippen LogP contribution in [-0.2, 0) is 6.54 Å². The summed E-state index contributed by atoms with van der Waals surface area (Å²) in [7, 11) is 0. The molecule has 0 spiro atoms. The molecule has 4 heteroatoms. The summed E-state index contributed by atoms with van der Waals surface area (Å²) in [5.41, 5.74) is 0.793. The van der Waals surface area contributed by atoms with Gasteiger partial charge in [-0.05, 0) is 17.5 Å². The molecule has 0 aliphatic heterocycles. The number of hydrogen-bond donors (Lipinski definition) is 2. The van der Waals surface area contributed by atoms with Crippen molar-refractivity contribution in [2.45, 2.75) is 39.3 Å². The first-order valence-electron chi connectivity index (χ1n) is 6.15. The van der Waals surface area contributed by atoms with Crippen LogP contribution >= 0.6 is 0 Å². The van der Waals surface area contributed by atoms with Gasteiger partial charge in [0, 0.05) is 19.3 Å². The normalized spacial score (nSPS) is 13.0. The van der Waals surface area contributed by atoms with E-state index in [1.165, 1.54) is 12.3 Å². The quantitative estimate of drug-likeness (QED) is 0.767. The van der Waals surface area contributed by atoms with Gasteiger partial charge in [0.1, 0.15) is 5.82 Å². The van der Waals surface area contributed by atoms with Crippen LogP contribution in [0.25, 0.3) is 0 Å². The molecule has 0 aromatic carbocycles. The minimum Gasteiger partial charge on any atom is -0.392 e. The Morgan fingerprint density at radius 3 is 2.65 bits per heavy atom. The lowest BCUT2D eigenvalue weighted by atomic mass is 9.96. The van der Waals surface area contributed by atoms with Crippen molar-refractivity contribution in [3.63, 3.8) is 0 Å². The highest BCUT2D eigenvalue weighted by Gasteiger charge is 2.14. The number of hydrogen-bond acceptors (Lipinski definition) is 3. The van der Waals surface area contributed by atoms with Crippen molar-refractivity contribution in [2.24, 2.45) is 5.92 Å². The summed E-state index contributed by atoms with van der Waals surface area (Å²) in [5, 5.41) is 13.0. The van der Waals surface area contributed by atoms with Gasteiger partial charge in [-0.3, -0.25) is 4.98 Å². The maximum atomic E-state index is 12.9. The zero-order valence-electron chi connectivity index (χ0n) is 10.5. The molecule has 1 aromatic rings. The SMILES string of the molecule is CCC(CC)C(O)CNCc1cncc(F)c1. The number of rotatable bonds is 7. The lowest BCUT2D eigenvalue weighted by Gasteiger charge is -2.20. The molecule has 0 saturated carbocycles. The van der Waals surface area contributed by atoms with Crippen LogP contribution in [0.5, 0.6) is 0 Å². The third-order valence-corrected chi connectivity index (χ3v) is 3.04. The van der Waals surface area contributed by atoms with Crippen LogP contribution < -0.4 is 5.32 Å². The van der Waals surface area contributed by atoms with Crippen LogP contribution in [0.4, 0.5) is 4.39 Å². The maximum absolute atomic E-state index is 12.9. The molecule has 2 N–H and O–H groups in total. The van der Waals surface area contributed by atoms with Crippen molar-refractivity contribution >= 4 is 0 Å². The monoisotopic (exact) mass is 240 g/mol. The van der Waals surface area contributed by atoms with Gasteiger partial charge in [-0.15, -0.1) is 0 Å². The van der Waals surface area contributed by atoms with Crippen molar-refractivity contribution in [3.8, 4) is 0 Å². The van der Waals surface area contributed by atoms with Crippen LogP contribution in [0.15, 0.2) is 18.5 Å². The predicted molar refractivity (Wildman–Crippen MR) is 66.0 cm³/mol. The fourth-order valence-electron chi connectivity index (χ4n) is 1.92. The summed E-state index contributed by atoms with van der Waals surface area (Å²) in [4.78, 5) is 3.77. The molecular weight excluding hydrogens is 219 g/mol. The van der Waals surface area contributed by atoms with Gasteiger partial charge in [0.2, 0.25) is 0 Å². The molecule has 1 aromatic heterocycles.